The lowest BCUT2D eigenvalue weighted by atomic mass is 10.1. The Hall–Kier alpha value is -1.99. The number of nitrogens with one attached hydrogen (secondary N) is 1. The van der Waals surface area contributed by atoms with E-state index >= 15 is 0 Å². The Balaban J connectivity index is 3.02. The largest absolute Gasteiger partial charge is 0.497 e. The molecule has 20 heavy (non-hydrogen) atoms. The van der Waals surface area contributed by atoms with Crippen LogP contribution in [0.5, 0.6) is 11.5 Å². The number of nitrogens with two attached hydrogens (primary N) is 1. The van der Waals surface area contributed by atoms with E-state index in [1.54, 1.807) is 6.07 Å². The lowest BCUT2D eigenvalue weighted by molar-refractivity contribution is 0.0840. The number of rotatable bonds is 7. The van der Waals surface area contributed by atoms with Crippen LogP contribution in [0.2, 0.25) is 0 Å². The molecule has 0 bridgehead atoms. The van der Waals surface area contributed by atoms with Crippen molar-refractivity contribution >= 4 is 11.6 Å². The summed E-state index contributed by atoms with van der Waals surface area (Å²) >= 11 is 0. The lowest BCUT2D eigenvalue weighted by Gasteiger charge is -2.17. The second-order valence-electron chi connectivity index (χ2n) is 4.10. The number of hydrogen-bond acceptors (Lipinski definition) is 6. The van der Waals surface area contributed by atoms with Crippen molar-refractivity contribution in [3.8, 4) is 11.5 Å². The Labute approximate surface area is 117 Å². The molecule has 0 radical (unpaired) electrons. The zero-order valence-electron chi connectivity index (χ0n) is 11.8. The number of aliphatic hydroxyl groups is 1. The number of nitrogen functional groups attached to an aromatic ring is 1. The molecule has 4 N–H and O–H groups in total. The Kier molecular flexibility index (Phi) is 6.08. The molecule has 7 nitrogen and oxygen atoms in total. The maximum atomic E-state index is 12.2. The molecule has 0 saturated heterocycles. The van der Waals surface area contributed by atoms with Crippen LogP contribution in [0.25, 0.3) is 0 Å². The molecule has 0 aromatic heterocycles. The minimum absolute atomic E-state index is 0.198. The van der Waals surface area contributed by atoms with Crippen LogP contribution in [0.4, 0.5) is 5.69 Å². The van der Waals surface area contributed by atoms with Gasteiger partial charge in [0.2, 0.25) is 0 Å². The van der Waals surface area contributed by atoms with Crippen molar-refractivity contribution in [2.75, 3.05) is 40.3 Å². The summed E-state index contributed by atoms with van der Waals surface area (Å²) < 4.78 is 15.1. The first-order chi connectivity index (χ1) is 9.57. The molecule has 1 aromatic carbocycles. The highest BCUT2D eigenvalue weighted by atomic mass is 16.5. The van der Waals surface area contributed by atoms with Crippen molar-refractivity contribution < 1.29 is 24.1 Å². The van der Waals surface area contributed by atoms with Gasteiger partial charge in [0, 0.05) is 13.2 Å². The maximum Gasteiger partial charge on any atom is 0.254 e. The molecule has 0 heterocycles. The Bertz CT molecular complexity index is 464. The van der Waals surface area contributed by atoms with E-state index in [1.807, 2.05) is 0 Å². The second-order valence-corrected chi connectivity index (χ2v) is 4.10. The standard InChI is InChI=1S/C13H20N2O5/c1-18-7-8(6-16)15-13(17)10-4-9(19-2)5-11(20-3)12(10)14/h4-5,8,16H,6-7,14H2,1-3H3,(H,15,17). The number of hydrogen-bond donors (Lipinski definition) is 3. The number of carbonyl (C=O) groups excluding carboxylic acids is 1. The molecule has 1 amide bonds. The molecule has 1 atom stereocenters. The van der Waals surface area contributed by atoms with Gasteiger partial charge in [-0.25, -0.2) is 0 Å². The smallest absolute Gasteiger partial charge is 0.254 e. The molecule has 0 aliphatic rings. The van der Waals surface area contributed by atoms with E-state index in [9.17, 15) is 4.79 Å². The van der Waals surface area contributed by atoms with Gasteiger partial charge in [-0.3, -0.25) is 4.79 Å². The third kappa shape index (κ3) is 3.75. The highest BCUT2D eigenvalue weighted by Gasteiger charge is 2.18. The molecule has 1 rings (SSSR count). The van der Waals surface area contributed by atoms with Crippen LogP contribution in [0.3, 0.4) is 0 Å². The van der Waals surface area contributed by atoms with Crippen molar-refractivity contribution in [3.63, 3.8) is 0 Å². The number of benzene rings is 1. The van der Waals surface area contributed by atoms with Crippen LogP contribution < -0.4 is 20.5 Å². The number of ether oxygens (including phenoxy) is 3. The predicted molar refractivity (Wildman–Crippen MR) is 74.2 cm³/mol. The van der Waals surface area contributed by atoms with E-state index < -0.39 is 11.9 Å². The molecule has 0 spiro atoms. The number of anilines is 1. The molecule has 0 saturated carbocycles. The SMILES string of the molecule is COCC(CO)NC(=O)c1cc(OC)cc(OC)c1N. The van der Waals surface area contributed by atoms with Crippen molar-refractivity contribution in [1.82, 2.24) is 5.32 Å². The van der Waals surface area contributed by atoms with E-state index in [0.29, 0.717) is 11.5 Å². The number of methoxy groups -OCH3 is 3. The third-order valence-electron chi connectivity index (χ3n) is 2.74. The van der Waals surface area contributed by atoms with Gasteiger partial charge in [-0.15, -0.1) is 0 Å². The van der Waals surface area contributed by atoms with Gasteiger partial charge in [0.15, 0.2) is 0 Å². The fourth-order valence-electron chi connectivity index (χ4n) is 1.68. The topological polar surface area (TPSA) is 103 Å². The first-order valence-corrected chi connectivity index (χ1v) is 5.99. The summed E-state index contributed by atoms with van der Waals surface area (Å²) in [6, 6.07) is 2.59. The zero-order chi connectivity index (χ0) is 15.1. The van der Waals surface area contributed by atoms with Crippen molar-refractivity contribution in [3.05, 3.63) is 17.7 Å². The summed E-state index contributed by atoms with van der Waals surface area (Å²) in [6.45, 7) is -0.0379. The van der Waals surface area contributed by atoms with E-state index in [4.69, 9.17) is 25.1 Å². The monoisotopic (exact) mass is 284 g/mol. The van der Waals surface area contributed by atoms with Crippen LogP contribution in [-0.4, -0.2) is 51.6 Å². The molecule has 1 unspecified atom stereocenters. The molecular weight excluding hydrogens is 264 g/mol. The molecule has 1 aromatic rings. The summed E-state index contributed by atoms with van der Waals surface area (Å²) in [5, 5.41) is 11.8. The maximum absolute atomic E-state index is 12.2. The van der Waals surface area contributed by atoms with Crippen molar-refractivity contribution in [1.29, 1.82) is 0 Å². The van der Waals surface area contributed by atoms with Gasteiger partial charge < -0.3 is 30.4 Å². The van der Waals surface area contributed by atoms with Gasteiger partial charge in [-0.1, -0.05) is 0 Å². The second kappa shape index (κ2) is 7.56. The number of aliphatic hydroxyl groups excluding tert-OH is 1. The lowest BCUT2D eigenvalue weighted by Crippen LogP contribution is -2.40. The summed E-state index contributed by atoms with van der Waals surface area (Å²) in [6.07, 6.45) is 0. The van der Waals surface area contributed by atoms with E-state index in [0.717, 1.165) is 0 Å². The normalized spacial score (nSPS) is 11.8. The average Bonchev–Trinajstić information content (AvgIpc) is 2.46. The average molecular weight is 284 g/mol. The van der Waals surface area contributed by atoms with Crippen LogP contribution in [0.15, 0.2) is 12.1 Å². The first kappa shape index (κ1) is 16.1. The van der Waals surface area contributed by atoms with E-state index in [-0.39, 0.29) is 24.5 Å². The van der Waals surface area contributed by atoms with Gasteiger partial charge in [-0.2, -0.15) is 0 Å². The minimum Gasteiger partial charge on any atom is -0.497 e. The van der Waals surface area contributed by atoms with Crippen molar-refractivity contribution in [2.24, 2.45) is 0 Å². The Morgan fingerprint density at radius 2 is 2.05 bits per heavy atom. The summed E-state index contributed by atoms with van der Waals surface area (Å²) in [5.74, 6) is 0.367. The zero-order valence-corrected chi connectivity index (χ0v) is 11.8. The van der Waals surface area contributed by atoms with Gasteiger partial charge in [-0.05, 0) is 6.07 Å². The number of amides is 1. The molecule has 0 aliphatic carbocycles. The van der Waals surface area contributed by atoms with Gasteiger partial charge in [0.05, 0.1) is 44.7 Å². The molecule has 112 valence electrons. The summed E-state index contributed by atoms with van der Waals surface area (Å²) in [4.78, 5) is 12.2. The molecular formula is C13H20N2O5. The van der Waals surface area contributed by atoms with Crippen LogP contribution >= 0.6 is 0 Å². The van der Waals surface area contributed by atoms with Crippen LogP contribution in [0, 0.1) is 0 Å². The highest BCUT2D eigenvalue weighted by Crippen LogP contribution is 2.30. The molecule has 7 heteroatoms. The van der Waals surface area contributed by atoms with E-state index in [2.05, 4.69) is 5.32 Å². The summed E-state index contributed by atoms with van der Waals surface area (Å²) in [5.41, 5.74) is 6.30. The Morgan fingerprint density at radius 1 is 1.35 bits per heavy atom. The van der Waals surface area contributed by atoms with Crippen molar-refractivity contribution in [2.45, 2.75) is 6.04 Å². The molecule has 0 fully saturated rings. The quantitative estimate of drug-likeness (QED) is 0.610. The van der Waals surface area contributed by atoms with E-state index in [1.165, 1.54) is 27.4 Å². The minimum atomic E-state index is -0.510. The summed E-state index contributed by atoms with van der Waals surface area (Å²) in [7, 11) is 4.42. The fraction of sp³-hybridized carbons (Fsp3) is 0.462. The van der Waals surface area contributed by atoms with Crippen LogP contribution in [-0.2, 0) is 4.74 Å². The first-order valence-electron chi connectivity index (χ1n) is 5.99. The van der Waals surface area contributed by atoms with Gasteiger partial charge >= 0.3 is 0 Å². The third-order valence-corrected chi connectivity index (χ3v) is 2.74. The highest BCUT2D eigenvalue weighted by molar-refractivity contribution is 6.01. The number of carbonyl (C=O) groups is 1. The fourth-order valence-corrected chi connectivity index (χ4v) is 1.68. The predicted octanol–water partition coefficient (Wildman–Crippen LogP) is 0.0231. The van der Waals surface area contributed by atoms with Crippen LogP contribution in [0.1, 0.15) is 10.4 Å². The van der Waals surface area contributed by atoms with Gasteiger partial charge in [0.1, 0.15) is 11.5 Å². The van der Waals surface area contributed by atoms with Gasteiger partial charge in [0.25, 0.3) is 5.91 Å². The molecule has 0 aliphatic heterocycles. The Morgan fingerprint density at radius 3 is 2.55 bits per heavy atom.